The number of nitrogens with two attached hydrogens (primary N) is 1. The van der Waals surface area contributed by atoms with Crippen LogP contribution in [0.15, 0.2) is 42.5 Å². The van der Waals surface area contributed by atoms with Gasteiger partial charge in [-0.05, 0) is 30.3 Å². The summed E-state index contributed by atoms with van der Waals surface area (Å²) >= 11 is 0. The van der Waals surface area contributed by atoms with Crippen molar-refractivity contribution in [1.82, 2.24) is 14.9 Å². The van der Waals surface area contributed by atoms with Gasteiger partial charge in [0.15, 0.2) is 0 Å². The quantitative estimate of drug-likeness (QED) is 0.397. The number of hydrogen-bond donors (Lipinski definition) is 1. The van der Waals surface area contributed by atoms with Gasteiger partial charge in [-0.3, -0.25) is 25.0 Å². The Morgan fingerprint density at radius 2 is 1.76 bits per heavy atom. The number of nitro benzene ring substituents is 1. The molecule has 0 atom stereocenters. The van der Waals surface area contributed by atoms with Crippen molar-refractivity contribution in [3.63, 3.8) is 0 Å². The minimum Gasteiger partial charge on any atom is -0.433 e. The minimum atomic E-state index is -0.886. The predicted octanol–water partition coefficient (Wildman–Crippen LogP) is 3.03. The summed E-state index contributed by atoms with van der Waals surface area (Å²) in [5.41, 5.74) is 4.42. The van der Waals surface area contributed by atoms with E-state index in [1.807, 2.05) is 0 Å². The molecule has 0 spiro atoms. The Labute approximate surface area is 191 Å². The third-order valence-electron chi connectivity index (χ3n) is 4.24. The zero-order valence-corrected chi connectivity index (χ0v) is 17.7. The topological polar surface area (TPSA) is 201 Å². The van der Waals surface area contributed by atoms with Crippen LogP contribution in [0.4, 0.5) is 17.2 Å². The summed E-state index contributed by atoms with van der Waals surface area (Å²) in [5, 5.41) is 31.7. The van der Waals surface area contributed by atoms with Crippen molar-refractivity contribution in [2.45, 2.75) is 0 Å². The number of nitriles is 1. The number of aromatic nitrogens is 2. The Kier molecular flexibility index (Phi) is 6.48. The molecule has 0 aliphatic heterocycles. The van der Waals surface area contributed by atoms with E-state index >= 15 is 0 Å². The van der Waals surface area contributed by atoms with Gasteiger partial charge in [0.25, 0.3) is 11.6 Å². The highest BCUT2D eigenvalue weighted by Crippen LogP contribution is 2.37. The van der Waals surface area contributed by atoms with Gasteiger partial charge in [0.2, 0.25) is 5.82 Å². The number of carbonyl (C=O) groups excluding carboxylic acids is 1. The first-order valence-electron chi connectivity index (χ1n) is 9.28. The van der Waals surface area contributed by atoms with E-state index in [9.17, 15) is 25.0 Å². The standard InChI is InChI=1S/C20H15N7O7/c1-25(2)19(28)11-4-3-5-13(8-11)34-20-23-17(22)16(27(31)32)18(24-20)33-14-7-6-12(10-21)15(9-14)26(29)30/h3-9H,1-2H3,(H2,22,23,24). The highest BCUT2D eigenvalue weighted by atomic mass is 16.6. The van der Waals surface area contributed by atoms with Gasteiger partial charge in [0.05, 0.1) is 15.9 Å². The van der Waals surface area contributed by atoms with Crippen LogP contribution in [-0.4, -0.2) is 44.7 Å². The van der Waals surface area contributed by atoms with Crippen LogP contribution in [0.25, 0.3) is 0 Å². The summed E-state index contributed by atoms with van der Waals surface area (Å²) in [6.45, 7) is 0. The van der Waals surface area contributed by atoms with Gasteiger partial charge >= 0.3 is 17.6 Å². The lowest BCUT2D eigenvalue weighted by atomic mass is 10.2. The van der Waals surface area contributed by atoms with Crippen molar-refractivity contribution in [2.75, 3.05) is 19.8 Å². The molecule has 14 nitrogen and oxygen atoms in total. The van der Waals surface area contributed by atoms with Crippen molar-refractivity contribution in [1.29, 1.82) is 5.26 Å². The van der Waals surface area contributed by atoms with Gasteiger partial charge in [-0.25, -0.2) is 0 Å². The van der Waals surface area contributed by atoms with E-state index in [4.69, 9.17) is 20.5 Å². The Morgan fingerprint density at radius 1 is 1.06 bits per heavy atom. The number of hydrogen-bond acceptors (Lipinski definition) is 11. The molecule has 2 aromatic carbocycles. The van der Waals surface area contributed by atoms with Crippen LogP contribution in [0, 0.1) is 31.6 Å². The van der Waals surface area contributed by atoms with Gasteiger partial charge in [-0.15, -0.1) is 0 Å². The lowest BCUT2D eigenvalue weighted by Gasteiger charge is -2.12. The Bertz CT molecular complexity index is 1350. The number of benzene rings is 2. The molecular weight excluding hydrogens is 450 g/mol. The van der Waals surface area contributed by atoms with E-state index < -0.39 is 38.9 Å². The lowest BCUT2D eigenvalue weighted by Crippen LogP contribution is -2.21. The molecule has 0 aliphatic rings. The number of nitrogens with zero attached hydrogens (tertiary/aromatic N) is 6. The highest BCUT2D eigenvalue weighted by molar-refractivity contribution is 5.94. The summed E-state index contributed by atoms with van der Waals surface area (Å²) in [4.78, 5) is 42.1. The molecule has 0 fully saturated rings. The fraction of sp³-hybridized carbons (Fsp3) is 0.100. The minimum absolute atomic E-state index is 0.140. The van der Waals surface area contributed by atoms with Crippen LogP contribution in [0.2, 0.25) is 0 Å². The normalized spacial score (nSPS) is 10.1. The second-order valence-corrected chi connectivity index (χ2v) is 6.78. The molecule has 0 aliphatic carbocycles. The molecule has 34 heavy (non-hydrogen) atoms. The lowest BCUT2D eigenvalue weighted by molar-refractivity contribution is -0.385. The maximum Gasteiger partial charge on any atom is 0.373 e. The molecule has 1 aromatic heterocycles. The molecule has 172 valence electrons. The molecule has 14 heteroatoms. The third-order valence-corrected chi connectivity index (χ3v) is 4.24. The first-order chi connectivity index (χ1) is 16.1. The summed E-state index contributed by atoms with van der Waals surface area (Å²) < 4.78 is 10.9. The van der Waals surface area contributed by atoms with Crippen molar-refractivity contribution in [2.24, 2.45) is 0 Å². The van der Waals surface area contributed by atoms with Crippen LogP contribution in [0.5, 0.6) is 23.4 Å². The molecule has 0 unspecified atom stereocenters. The number of anilines is 1. The van der Waals surface area contributed by atoms with E-state index in [0.717, 1.165) is 12.1 Å². The summed E-state index contributed by atoms with van der Waals surface area (Å²) in [6, 6.07) is 10.5. The number of rotatable bonds is 7. The first kappa shape index (κ1) is 23.3. The molecule has 3 rings (SSSR count). The molecule has 1 amide bonds. The number of amides is 1. The van der Waals surface area contributed by atoms with E-state index in [0.29, 0.717) is 5.56 Å². The zero-order chi connectivity index (χ0) is 25.0. The smallest absolute Gasteiger partial charge is 0.373 e. The fourth-order valence-corrected chi connectivity index (χ4v) is 2.71. The zero-order valence-electron chi connectivity index (χ0n) is 17.7. The molecule has 3 aromatic rings. The van der Waals surface area contributed by atoms with Gasteiger partial charge in [0.1, 0.15) is 23.1 Å². The van der Waals surface area contributed by atoms with Crippen LogP contribution in [-0.2, 0) is 0 Å². The van der Waals surface area contributed by atoms with Crippen LogP contribution in [0.3, 0.4) is 0 Å². The first-order valence-corrected chi connectivity index (χ1v) is 9.28. The molecule has 0 saturated heterocycles. The maximum absolute atomic E-state index is 12.2. The molecular formula is C20H15N7O7. The number of nitro groups is 2. The Hall–Kier alpha value is -5.32. The van der Waals surface area contributed by atoms with E-state index in [2.05, 4.69) is 9.97 Å². The third kappa shape index (κ3) is 4.94. The monoisotopic (exact) mass is 465 g/mol. The van der Waals surface area contributed by atoms with Gasteiger partial charge in [-0.2, -0.15) is 15.2 Å². The number of carbonyl (C=O) groups is 1. The van der Waals surface area contributed by atoms with E-state index in [-0.39, 0.29) is 23.0 Å². The maximum atomic E-state index is 12.2. The molecule has 0 radical (unpaired) electrons. The Morgan fingerprint density at radius 3 is 2.38 bits per heavy atom. The summed E-state index contributed by atoms with van der Waals surface area (Å²) in [6.07, 6.45) is 0. The van der Waals surface area contributed by atoms with Crippen molar-refractivity contribution in [3.05, 3.63) is 73.8 Å². The van der Waals surface area contributed by atoms with Crippen molar-refractivity contribution < 1.29 is 24.1 Å². The fourth-order valence-electron chi connectivity index (χ4n) is 2.71. The largest absolute Gasteiger partial charge is 0.433 e. The number of ether oxygens (including phenoxy) is 2. The van der Waals surface area contributed by atoms with Crippen LogP contribution < -0.4 is 15.2 Å². The average molecular weight is 465 g/mol. The second-order valence-electron chi connectivity index (χ2n) is 6.78. The SMILES string of the molecule is CN(C)C(=O)c1cccc(Oc2nc(N)c([N+](=O)[O-])c(Oc3ccc(C#N)c([N+](=O)[O-])c3)n2)c1. The average Bonchev–Trinajstić information content (AvgIpc) is 2.78. The van der Waals surface area contributed by atoms with E-state index in [1.165, 1.54) is 23.1 Å². The molecule has 1 heterocycles. The Balaban J connectivity index is 2.01. The van der Waals surface area contributed by atoms with Crippen LogP contribution >= 0.6 is 0 Å². The molecule has 0 bridgehead atoms. The van der Waals surface area contributed by atoms with Crippen molar-refractivity contribution >= 4 is 23.1 Å². The highest BCUT2D eigenvalue weighted by Gasteiger charge is 2.27. The van der Waals surface area contributed by atoms with Crippen LogP contribution in [0.1, 0.15) is 15.9 Å². The second kappa shape index (κ2) is 9.44. The summed E-state index contributed by atoms with van der Waals surface area (Å²) in [5.74, 6) is -1.60. The summed E-state index contributed by atoms with van der Waals surface area (Å²) in [7, 11) is 3.15. The predicted molar refractivity (Wildman–Crippen MR) is 116 cm³/mol. The molecule has 0 saturated carbocycles. The number of nitrogen functional groups attached to an aromatic ring is 1. The van der Waals surface area contributed by atoms with E-state index in [1.54, 1.807) is 32.3 Å². The van der Waals surface area contributed by atoms with Crippen molar-refractivity contribution in [3.8, 4) is 29.5 Å². The molecule has 2 N–H and O–H groups in total. The van der Waals surface area contributed by atoms with Gasteiger partial charge in [-0.1, -0.05) is 6.07 Å². The van der Waals surface area contributed by atoms with Gasteiger partial charge < -0.3 is 20.1 Å². The van der Waals surface area contributed by atoms with Gasteiger partial charge in [0, 0.05) is 19.7 Å².